The molecular weight excluding hydrogens is 272 g/mol. The van der Waals surface area contributed by atoms with Crippen LogP contribution in [-0.4, -0.2) is 7.11 Å². The fourth-order valence-electron chi connectivity index (χ4n) is 1.27. The van der Waals surface area contributed by atoms with Crippen molar-refractivity contribution in [3.05, 3.63) is 46.8 Å². The standard InChI is InChI=1S/C12H11BrO3/c1-14-9-4-5-12(11(13)7-9)16-8-10-3-2-6-15-10/h2-7H,8H2,1H3. The molecule has 0 aliphatic carbocycles. The molecule has 0 amide bonds. The van der Waals surface area contributed by atoms with Gasteiger partial charge in [-0.05, 0) is 46.3 Å². The van der Waals surface area contributed by atoms with Crippen molar-refractivity contribution < 1.29 is 13.9 Å². The summed E-state index contributed by atoms with van der Waals surface area (Å²) in [6.45, 7) is 0.415. The van der Waals surface area contributed by atoms with E-state index in [0.29, 0.717) is 6.61 Å². The van der Waals surface area contributed by atoms with Gasteiger partial charge in [0, 0.05) is 0 Å². The lowest BCUT2D eigenvalue weighted by Crippen LogP contribution is -1.94. The fourth-order valence-corrected chi connectivity index (χ4v) is 1.74. The first-order valence-electron chi connectivity index (χ1n) is 4.78. The molecule has 0 saturated carbocycles. The molecule has 0 saturated heterocycles. The van der Waals surface area contributed by atoms with Gasteiger partial charge in [0.2, 0.25) is 0 Å². The molecule has 0 unspecified atom stereocenters. The Morgan fingerprint density at radius 3 is 2.81 bits per heavy atom. The molecule has 0 radical (unpaired) electrons. The summed E-state index contributed by atoms with van der Waals surface area (Å²) in [6, 6.07) is 9.27. The minimum absolute atomic E-state index is 0.415. The first-order valence-corrected chi connectivity index (χ1v) is 5.57. The van der Waals surface area contributed by atoms with Crippen LogP contribution in [0.3, 0.4) is 0 Å². The molecule has 2 aromatic rings. The molecule has 84 valence electrons. The SMILES string of the molecule is COc1ccc(OCc2ccco2)c(Br)c1. The highest BCUT2D eigenvalue weighted by Gasteiger charge is 2.04. The molecule has 16 heavy (non-hydrogen) atoms. The second-order valence-corrected chi connectivity index (χ2v) is 4.02. The van der Waals surface area contributed by atoms with E-state index in [-0.39, 0.29) is 0 Å². The zero-order chi connectivity index (χ0) is 11.4. The van der Waals surface area contributed by atoms with E-state index in [0.717, 1.165) is 21.7 Å². The summed E-state index contributed by atoms with van der Waals surface area (Å²) < 4.78 is 16.7. The zero-order valence-electron chi connectivity index (χ0n) is 8.77. The van der Waals surface area contributed by atoms with Gasteiger partial charge in [-0.1, -0.05) is 0 Å². The van der Waals surface area contributed by atoms with Gasteiger partial charge in [0.05, 0.1) is 17.8 Å². The van der Waals surface area contributed by atoms with E-state index in [9.17, 15) is 0 Å². The average molecular weight is 283 g/mol. The predicted molar refractivity (Wildman–Crippen MR) is 63.7 cm³/mol. The van der Waals surface area contributed by atoms with Crippen molar-refractivity contribution in [2.75, 3.05) is 7.11 Å². The number of hydrogen-bond acceptors (Lipinski definition) is 3. The quantitative estimate of drug-likeness (QED) is 0.858. The summed E-state index contributed by atoms with van der Waals surface area (Å²) >= 11 is 3.42. The second-order valence-electron chi connectivity index (χ2n) is 3.16. The minimum Gasteiger partial charge on any atom is -0.497 e. The number of hydrogen-bond donors (Lipinski definition) is 0. The predicted octanol–water partition coefficient (Wildman–Crippen LogP) is 3.63. The van der Waals surface area contributed by atoms with E-state index in [1.807, 2.05) is 30.3 Å². The summed E-state index contributed by atoms with van der Waals surface area (Å²) in [6.07, 6.45) is 1.63. The molecule has 4 heteroatoms. The molecule has 0 fully saturated rings. The molecule has 1 aromatic heterocycles. The van der Waals surface area contributed by atoms with Gasteiger partial charge in [-0.2, -0.15) is 0 Å². The van der Waals surface area contributed by atoms with Crippen LogP contribution in [0.2, 0.25) is 0 Å². The van der Waals surface area contributed by atoms with Crippen LogP contribution in [0.25, 0.3) is 0 Å². The lowest BCUT2D eigenvalue weighted by Gasteiger charge is -2.07. The summed E-state index contributed by atoms with van der Waals surface area (Å²) in [5.41, 5.74) is 0. The molecule has 1 heterocycles. The highest BCUT2D eigenvalue weighted by molar-refractivity contribution is 9.10. The zero-order valence-corrected chi connectivity index (χ0v) is 10.4. The molecule has 0 aliphatic rings. The maximum Gasteiger partial charge on any atom is 0.146 e. The molecule has 0 bridgehead atoms. The number of ether oxygens (including phenoxy) is 2. The van der Waals surface area contributed by atoms with Crippen LogP contribution in [0.5, 0.6) is 11.5 Å². The Bertz CT molecular complexity index is 451. The molecule has 0 N–H and O–H groups in total. The van der Waals surface area contributed by atoms with Crippen molar-refractivity contribution in [3.63, 3.8) is 0 Å². The van der Waals surface area contributed by atoms with Crippen LogP contribution in [-0.2, 0) is 6.61 Å². The highest BCUT2D eigenvalue weighted by atomic mass is 79.9. The van der Waals surface area contributed by atoms with E-state index in [1.54, 1.807) is 13.4 Å². The van der Waals surface area contributed by atoms with Crippen LogP contribution < -0.4 is 9.47 Å². The van der Waals surface area contributed by atoms with Crippen molar-refractivity contribution in [2.45, 2.75) is 6.61 Å². The number of rotatable bonds is 4. The van der Waals surface area contributed by atoms with Crippen LogP contribution in [0, 0.1) is 0 Å². The molecular formula is C12H11BrO3. The van der Waals surface area contributed by atoms with Crippen molar-refractivity contribution in [3.8, 4) is 11.5 Å². The minimum atomic E-state index is 0.415. The van der Waals surface area contributed by atoms with Crippen LogP contribution >= 0.6 is 15.9 Å². The summed E-state index contributed by atoms with van der Waals surface area (Å²) in [4.78, 5) is 0. The summed E-state index contributed by atoms with van der Waals surface area (Å²) in [5, 5.41) is 0. The number of methoxy groups -OCH3 is 1. The molecule has 3 nitrogen and oxygen atoms in total. The van der Waals surface area contributed by atoms with Crippen LogP contribution in [0.15, 0.2) is 45.5 Å². The van der Waals surface area contributed by atoms with Gasteiger partial charge in [-0.25, -0.2) is 0 Å². The Balaban J connectivity index is 2.04. The Morgan fingerprint density at radius 2 is 2.19 bits per heavy atom. The Hall–Kier alpha value is -1.42. The molecule has 0 spiro atoms. The smallest absolute Gasteiger partial charge is 0.146 e. The van der Waals surface area contributed by atoms with Crippen LogP contribution in [0.4, 0.5) is 0 Å². The Kier molecular flexibility index (Phi) is 3.51. The number of benzene rings is 1. The van der Waals surface area contributed by atoms with E-state index in [1.165, 1.54) is 0 Å². The van der Waals surface area contributed by atoms with Crippen molar-refractivity contribution in [1.82, 2.24) is 0 Å². The van der Waals surface area contributed by atoms with E-state index < -0.39 is 0 Å². The van der Waals surface area contributed by atoms with E-state index >= 15 is 0 Å². The Labute approximate surface area is 102 Å². The third-order valence-corrected chi connectivity index (χ3v) is 2.71. The van der Waals surface area contributed by atoms with Gasteiger partial charge in [0.25, 0.3) is 0 Å². The van der Waals surface area contributed by atoms with Gasteiger partial charge < -0.3 is 13.9 Å². The van der Waals surface area contributed by atoms with Gasteiger partial charge >= 0.3 is 0 Å². The van der Waals surface area contributed by atoms with Gasteiger partial charge in [0.15, 0.2) is 0 Å². The van der Waals surface area contributed by atoms with Gasteiger partial charge in [0.1, 0.15) is 23.9 Å². The topological polar surface area (TPSA) is 31.6 Å². The molecule has 0 atom stereocenters. The molecule has 1 aromatic carbocycles. The summed E-state index contributed by atoms with van der Waals surface area (Å²) in [7, 11) is 1.63. The van der Waals surface area contributed by atoms with Crippen molar-refractivity contribution in [1.29, 1.82) is 0 Å². The van der Waals surface area contributed by atoms with Gasteiger partial charge in [-0.3, -0.25) is 0 Å². The third-order valence-electron chi connectivity index (χ3n) is 2.09. The highest BCUT2D eigenvalue weighted by Crippen LogP contribution is 2.29. The monoisotopic (exact) mass is 282 g/mol. The first kappa shape index (κ1) is 11.1. The largest absolute Gasteiger partial charge is 0.497 e. The third kappa shape index (κ3) is 2.58. The summed E-state index contributed by atoms with van der Waals surface area (Å²) in [5.74, 6) is 2.34. The van der Waals surface area contributed by atoms with Crippen molar-refractivity contribution in [2.24, 2.45) is 0 Å². The van der Waals surface area contributed by atoms with E-state index in [2.05, 4.69) is 15.9 Å². The lowest BCUT2D eigenvalue weighted by atomic mass is 10.3. The lowest BCUT2D eigenvalue weighted by molar-refractivity contribution is 0.268. The average Bonchev–Trinajstić information content (AvgIpc) is 2.80. The molecule has 0 aliphatic heterocycles. The maximum atomic E-state index is 5.58. The van der Waals surface area contributed by atoms with E-state index in [4.69, 9.17) is 13.9 Å². The number of halogens is 1. The first-order chi connectivity index (χ1) is 7.79. The van der Waals surface area contributed by atoms with Crippen LogP contribution in [0.1, 0.15) is 5.76 Å². The van der Waals surface area contributed by atoms with Crippen molar-refractivity contribution >= 4 is 15.9 Å². The second kappa shape index (κ2) is 5.07. The number of furan rings is 1. The normalized spacial score (nSPS) is 10.1. The Morgan fingerprint density at radius 1 is 1.31 bits per heavy atom. The molecule has 2 rings (SSSR count). The fraction of sp³-hybridized carbons (Fsp3) is 0.167. The van der Waals surface area contributed by atoms with Gasteiger partial charge in [-0.15, -0.1) is 0 Å². The maximum absolute atomic E-state index is 5.58.